The predicted molar refractivity (Wildman–Crippen MR) is 135 cm³/mol. The van der Waals surface area contributed by atoms with Crippen molar-refractivity contribution in [2.45, 2.75) is 37.4 Å². The number of carbonyl (C=O) groups excluding carboxylic acids is 1. The summed E-state index contributed by atoms with van der Waals surface area (Å²) in [4.78, 5) is 23.3. The van der Waals surface area contributed by atoms with E-state index >= 15 is 0 Å². The van der Waals surface area contributed by atoms with Crippen molar-refractivity contribution in [1.29, 1.82) is 0 Å². The lowest BCUT2D eigenvalue weighted by molar-refractivity contribution is -0.122. The number of hydrogen-bond acceptors (Lipinski definition) is 5. The van der Waals surface area contributed by atoms with Gasteiger partial charge in [0.15, 0.2) is 0 Å². The highest BCUT2D eigenvalue weighted by molar-refractivity contribution is 5.76. The summed E-state index contributed by atoms with van der Waals surface area (Å²) in [5, 5.41) is 4.33. The summed E-state index contributed by atoms with van der Waals surface area (Å²) in [6.07, 6.45) is 8.95. The fourth-order valence-corrected chi connectivity index (χ4v) is 4.67. The molecule has 0 bridgehead atoms. The van der Waals surface area contributed by atoms with Crippen LogP contribution in [-0.2, 0) is 0 Å². The summed E-state index contributed by atoms with van der Waals surface area (Å²) in [7, 11) is 0. The van der Waals surface area contributed by atoms with E-state index in [1.54, 1.807) is 18.3 Å². The molecule has 4 N–H and O–H groups in total. The number of nitrogens with two attached hydrogens (primary N) is 1. The summed E-state index contributed by atoms with van der Waals surface area (Å²) in [5.41, 5.74) is 10.2. The van der Waals surface area contributed by atoms with Crippen molar-refractivity contribution in [3.8, 4) is 11.1 Å². The van der Waals surface area contributed by atoms with Gasteiger partial charge in [0, 0.05) is 60.6 Å². The first-order chi connectivity index (χ1) is 17.7. The monoisotopic (exact) mass is 511 g/mol. The number of pyridine rings is 2. The summed E-state index contributed by atoms with van der Waals surface area (Å²) < 4.78 is 39.0. The van der Waals surface area contributed by atoms with E-state index in [1.165, 1.54) is 0 Å². The van der Waals surface area contributed by atoms with Crippen molar-refractivity contribution >= 4 is 17.5 Å². The molecule has 1 unspecified atom stereocenters. The molecule has 0 saturated carbocycles. The van der Waals surface area contributed by atoms with E-state index in [0.717, 1.165) is 54.2 Å². The molecule has 1 aliphatic carbocycles. The number of piperidine rings is 1. The number of aromatic nitrogens is 3. The number of anilines is 1. The maximum absolute atomic E-state index is 12.3. The van der Waals surface area contributed by atoms with Gasteiger partial charge >= 0.3 is 12.2 Å². The molecule has 0 spiro atoms. The highest BCUT2D eigenvalue weighted by Gasteiger charge is 2.28. The van der Waals surface area contributed by atoms with Crippen LogP contribution < -0.4 is 21.3 Å². The lowest BCUT2D eigenvalue weighted by atomic mass is 9.95. The zero-order valence-corrected chi connectivity index (χ0v) is 20.1. The minimum absolute atomic E-state index is 0.0950. The van der Waals surface area contributed by atoms with Crippen molar-refractivity contribution in [2.24, 2.45) is 5.73 Å². The third kappa shape index (κ3) is 5.93. The molecule has 1 atom stereocenters. The SMILES string of the molecule is NC1CCN(c2ccc(-c3ccn4c(C5C=CC=C(NC(=O)NCC(F)(F)F)C5)cnc4c3)cn2)CC1. The maximum Gasteiger partial charge on any atom is 0.405 e. The Kier molecular flexibility index (Phi) is 6.88. The highest BCUT2D eigenvalue weighted by atomic mass is 19.4. The fourth-order valence-electron chi connectivity index (χ4n) is 4.67. The molecule has 194 valence electrons. The number of halogens is 3. The molecule has 37 heavy (non-hydrogen) atoms. The van der Waals surface area contributed by atoms with Gasteiger partial charge < -0.3 is 25.7 Å². The minimum atomic E-state index is -4.46. The van der Waals surface area contributed by atoms with Gasteiger partial charge in [-0.05, 0) is 55.2 Å². The molecule has 4 heterocycles. The van der Waals surface area contributed by atoms with Crippen molar-refractivity contribution in [2.75, 3.05) is 24.5 Å². The number of alkyl halides is 3. The van der Waals surface area contributed by atoms with Gasteiger partial charge in [-0.3, -0.25) is 0 Å². The first-order valence-electron chi connectivity index (χ1n) is 12.2. The molecule has 2 amide bonds. The quantitative estimate of drug-likeness (QED) is 0.479. The van der Waals surface area contributed by atoms with E-state index in [1.807, 2.05) is 46.4 Å². The predicted octanol–water partition coefficient (Wildman–Crippen LogP) is 4.11. The Bertz CT molecular complexity index is 1320. The van der Waals surface area contributed by atoms with Crippen LogP contribution in [0.5, 0.6) is 0 Å². The van der Waals surface area contributed by atoms with Crippen LogP contribution in [0.1, 0.15) is 30.9 Å². The van der Waals surface area contributed by atoms with Crippen molar-refractivity contribution in [1.82, 2.24) is 25.0 Å². The zero-order valence-electron chi connectivity index (χ0n) is 20.1. The summed E-state index contributed by atoms with van der Waals surface area (Å²) >= 11 is 0. The second-order valence-corrected chi connectivity index (χ2v) is 9.37. The van der Waals surface area contributed by atoms with Gasteiger partial charge in [-0.1, -0.05) is 12.2 Å². The Morgan fingerprint density at radius 3 is 2.65 bits per heavy atom. The molecular weight excluding hydrogens is 483 g/mol. The molecule has 0 aromatic carbocycles. The molecule has 5 rings (SSSR count). The van der Waals surface area contributed by atoms with Crippen LogP contribution in [0.2, 0.25) is 0 Å². The Morgan fingerprint density at radius 1 is 1.11 bits per heavy atom. The standard InChI is InChI=1S/C26H28F3N7O/c27-26(28,29)16-33-25(37)34-21-3-1-2-18(12-21)22-15-32-24-13-17(6-11-36(22)24)19-4-5-23(31-14-19)35-9-7-20(30)8-10-35/h1-6,11,13-15,18,20H,7-10,12,16,30H2,(H2,33,34,37). The summed E-state index contributed by atoms with van der Waals surface area (Å²) in [6, 6.07) is 7.47. The van der Waals surface area contributed by atoms with Gasteiger partial charge in [-0.2, -0.15) is 13.2 Å². The number of rotatable bonds is 5. The van der Waals surface area contributed by atoms with Crippen LogP contribution in [-0.4, -0.2) is 52.3 Å². The van der Waals surface area contributed by atoms with Crippen LogP contribution >= 0.6 is 0 Å². The van der Waals surface area contributed by atoms with E-state index in [4.69, 9.17) is 5.73 Å². The Morgan fingerprint density at radius 2 is 1.92 bits per heavy atom. The van der Waals surface area contributed by atoms with Gasteiger partial charge in [0.25, 0.3) is 0 Å². The number of amides is 2. The van der Waals surface area contributed by atoms with E-state index in [0.29, 0.717) is 12.1 Å². The molecule has 1 saturated heterocycles. The number of carbonyl (C=O) groups is 1. The largest absolute Gasteiger partial charge is 0.405 e. The van der Waals surface area contributed by atoms with Gasteiger partial charge in [-0.25, -0.2) is 14.8 Å². The summed E-state index contributed by atoms with van der Waals surface area (Å²) in [5.74, 6) is 0.857. The first kappa shape index (κ1) is 24.8. The molecule has 3 aromatic rings. The number of allylic oxidation sites excluding steroid dienone is 4. The minimum Gasteiger partial charge on any atom is -0.357 e. The Labute approximate surface area is 212 Å². The normalized spacial score (nSPS) is 18.6. The Balaban J connectivity index is 1.26. The molecule has 2 aliphatic rings. The average Bonchev–Trinajstić information content (AvgIpc) is 3.31. The van der Waals surface area contributed by atoms with Crippen molar-refractivity contribution in [3.05, 3.63) is 72.5 Å². The molecule has 1 fully saturated rings. The number of urea groups is 1. The van der Waals surface area contributed by atoms with Gasteiger partial charge in [0.05, 0.1) is 0 Å². The average molecular weight is 512 g/mol. The van der Waals surface area contributed by atoms with E-state index in [9.17, 15) is 18.0 Å². The Hall–Kier alpha value is -3.86. The number of fused-ring (bicyclic) bond motifs is 1. The van der Waals surface area contributed by atoms with E-state index in [-0.39, 0.29) is 12.0 Å². The number of hydrogen-bond donors (Lipinski definition) is 3. The maximum atomic E-state index is 12.3. The molecule has 11 heteroatoms. The fraction of sp³-hybridized carbons (Fsp3) is 0.346. The van der Waals surface area contributed by atoms with Crippen LogP contribution in [0.15, 0.2) is 66.8 Å². The zero-order chi connectivity index (χ0) is 26.0. The smallest absolute Gasteiger partial charge is 0.357 e. The van der Waals surface area contributed by atoms with Crippen LogP contribution in [0.3, 0.4) is 0 Å². The topological polar surface area (TPSA) is 101 Å². The molecule has 0 radical (unpaired) electrons. The second kappa shape index (κ2) is 10.3. The lowest BCUT2D eigenvalue weighted by Crippen LogP contribution is -2.40. The van der Waals surface area contributed by atoms with Gasteiger partial charge in [0.1, 0.15) is 18.0 Å². The van der Waals surface area contributed by atoms with Crippen LogP contribution in [0.4, 0.5) is 23.8 Å². The molecule has 8 nitrogen and oxygen atoms in total. The second-order valence-electron chi connectivity index (χ2n) is 9.37. The van der Waals surface area contributed by atoms with Crippen LogP contribution in [0.25, 0.3) is 16.8 Å². The number of imidazole rings is 1. The van der Waals surface area contributed by atoms with E-state index < -0.39 is 18.8 Å². The van der Waals surface area contributed by atoms with E-state index in [2.05, 4.69) is 26.3 Å². The third-order valence-electron chi connectivity index (χ3n) is 6.67. The molecular formula is C26H28F3N7O. The van der Waals surface area contributed by atoms with Crippen molar-refractivity contribution < 1.29 is 18.0 Å². The van der Waals surface area contributed by atoms with Gasteiger partial charge in [0.2, 0.25) is 0 Å². The van der Waals surface area contributed by atoms with Crippen LogP contribution in [0, 0.1) is 0 Å². The number of nitrogens with one attached hydrogen (secondary N) is 2. The highest BCUT2D eigenvalue weighted by Crippen LogP contribution is 2.30. The molecule has 1 aliphatic heterocycles. The van der Waals surface area contributed by atoms with Crippen molar-refractivity contribution in [3.63, 3.8) is 0 Å². The lowest BCUT2D eigenvalue weighted by Gasteiger charge is -2.31. The van der Waals surface area contributed by atoms with Gasteiger partial charge in [-0.15, -0.1) is 0 Å². The third-order valence-corrected chi connectivity index (χ3v) is 6.67. The molecule has 3 aromatic heterocycles. The first-order valence-corrected chi connectivity index (χ1v) is 12.2. The summed E-state index contributed by atoms with van der Waals surface area (Å²) in [6.45, 7) is 0.444. The number of nitrogens with zero attached hydrogens (tertiary/aromatic N) is 4.